The molecule has 1 aromatic carbocycles. The van der Waals surface area contributed by atoms with Crippen LogP contribution in [0.3, 0.4) is 0 Å². The topological polar surface area (TPSA) is 71.1 Å². The van der Waals surface area contributed by atoms with Crippen LogP contribution in [0.4, 0.5) is 11.4 Å². The molecular weight excluding hydrogens is 486 g/mol. The van der Waals surface area contributed by atoms with Crippen LogP contribution in [0.2, 0.25) is 0 Å². The molecule has 2 aromatic rings. The number of hydrogen-bond donors (Lipinski definition) is 2. The van der Waals surface area contributed by atoms with Gasteiger partial charge in [-0.05, 0) is 49.5 Å². The average Bonchev–Trinajstić information content (AvgIpc) is 2.85. The van der Waals surface area contributed by atoms with Gasteiger partial charge in [-0.15, -0.1) is 23.5 Å². The summed E-state index contributed by atoms with van der Waals surface area (Å²) in [6.07, 6.45) is 16.9. The number of carbonyl (C=O) groups is 2. The highest BCUT2D eigenvalue weighted by molar-refractivity contribution is 8.00. The minimum Gasteiger partial charge on any atom is -0.324 e. The Hall–Kier alpha value is -1.73. The van der Waals surface area contributed by atoms with Crippen molar-refractivity contribution in [1.82, 2.24) is 4.98 Å². The summed E-state index contributed by atoms with van der Waals surface area (Å²) in [7, 11) is 0. The van der Waals surface area contributed by atoms with Crippen molar-refractivity contribution < 1.29 is 9.59 Å². The number of unbranched alkanes of at least 4 members (excludes halogenated alkanes) is 8. The predicted octanol–water partition coefficient (Wildman–Crippen LogP) is 8.59. The van der Waals surface area contributed by atoms with Crippen molar-refractivity contribution in [1.29, 1.82) is 0 Å². The number of pyridine rings is 1. The number of thioether (sulfide) groups is 2. The number of nitrogens with one attached hydrogen (secondary N) is 2. The monoisotopic (exact) mass is 531 g/mol. The van der Waals surface area contributed by atoms with Crippen LogP contribution in [0.5, 0.6) is 0 Å². The Morgan fingerprint density at radius 3 is 2.28 bits per heavy atom. The van der Waals surface area contributed by atoms with Crippen molar-refractivity contribution in [3.63, 3.8) is 0 Å². The third-order valence-corrected chi connectivity index (χ3v) is 8.42. The highest BCUT2D eigenvalue weighted by Crippen LogP contribution is 2.38. The third-order valence-electron chi connectivity index (χ3n) is 6.28. The van der Waals surface area contributed by atoms with Gasteiger partial charge in [0, 0.05) is 23.4 Å². The molecule has 1 unspecified atom stereocenters. The Morgan fingerprint density at radius 1 is 0.944 bits per heavy atom. The lowest BCUT2D eigenvalue weighted by molar-refractivity contribution is -0.116. The zero-order chi connectivity index (χ0) is 26.3. The second-order valence-electron chi connectivity index (χ2n) is 9.56. The van der Waals surface area contributed by atoms with Crippen LogP contribution in [0, 0.1) is 6.92 Å². The summed E-state index contributed by atoms with van der Waals surface area (Å²) < 4.78 is 0. The molecule has 0 spiro atoms. The van der Waals surface area contributed by atoms with E-state index in [1.54, 1.807) is 18.0 Å². The fourth-order valence-corrected chi connectivity index (χ4v) is 6.11. The minimum absolute atomic E-state index is 0.0599. The first-order valence-corrected chi connectivity index (χ1v) is 15.9. The number of aromatic nitrogens is 1. The van der Waals surface area contributed by atoms with Gasteiger partial charge in [-0.2, -0.15) is 0 Å². The van der Waals surface area contributed by atoms with Crippen molar-refractivity contribution in [2.75, 3.05) is 22.6 Å². The molecule has 0 radical (unpaired) electrons. The molecule has 1 heterocycles. The minimum atomic E-state index is -0.138. The number of carbonyl (C=O) groups excluding carboxylic acids is 2. The molecule has 0 bridgehead atoms. The van der Waals surface area contributed by atoms with Crippen LogP contribution in [-0.2, 0) is 9.59 Å². The number of anilines is 2. The lowest BCUT2D eigenvalue weighted by atomic mass is 10.1. The standard InChI is InChI=1S/C29H45N3O2S2/c1-6-8-10-12-13-14-16-25(36-17-15-11-9-7-2)29(34)32-28-23-18-21(3)20-30-27(23)24(31-22(4)33)19-26(28)35-5/h18-20,25H,6-17H2,1-5H3,(H,31,33)(H,32,34). The summed E-state index contributed by atoms with van der Waals surface area (Å²) in [6, 6.07) is 3.97. The summed E-state index contributed by atoms with van der Waals surface area (Å²) in [6.45, 7) is 7.96. The molecule has 0 aliphatic carbocycles. The number of benzene rings is 1. The van der Waals surface area contributed by atoms with Crippen LogP contribution in [0.1, 0.15) is 97.0 Å². The van der Waals surface area contributed by atoms with Crippen LogP contribution in [0.15, 0.2) is 23.2 Å². The normalized spacial score (nSPS) is 12.0. The molecule has 1 atom stereocenters. The fourth-order valence-electron chi connectivity index (χ4n) is 4.31. The van der Waals surface area contributed by atoms with Gasteiger partial charge in [0.2, 0.25) is 11.8 Å². The van der Waals surface area contributed by atoms with Gasteiger partial charge in [0.1, 0.15) is 0 Å². The SMILES string of the molecule is CCCCCCCCC(SCCCCCC)C(=O)Nc1c(SC)cc(NC(C)=O)c2ncc(C)cc12. The number of amides is 2. The Bertz CT molecular complexity index is 981. The molecule has 1 aromatic heterocycles. The molecule has 2 N–H and O–H groups in total. The quantitative estimate of drug-likeness (QED) is 0.158. The van der Waals surface area contributed by atoms with E-state index in [0.717, 1.165) is 46.5 Å². The van der Waals surface area contributed by atoms with Crippen molar-refractivity contribution in [2.45, 2.75) is 108 Å². The molecule has 0 saturated heterocycles. The molecule has 36 heavy (non-hydrogen) atoms. The highest BCUT2D eigenvalue weighted by Gasteiger charge is 2.22. The van der Waals surface area contributed by atoms with E-state index in [-0.39, 0.29) is 17.1 Å². The highest BCUT2D eigenvalue weighted by atomic mass is 32.2. The lowest BCUT2D eigenvalue weighted by Gasteiger charge is -2.20. The molecule has 2 amide bonds. The first-order valence-electron chi connectivity index (χ1n) is 13.6. The largest absolute Gasteiger partial charge is 0.324 e. The Morgan fingerprint density at radius 2 is 1.61 bits per heavy atom. The van der Waals surface area contributed by atoms with Crippen molar-refractivity contribution >= 4 is 57.6 Å². The van der Waals surface area contributed by atoms with Crippen LogP contribution < -0.4 is 10.6 Å². The Labute approximate surface area is 226 Å². The van der Waals surface area contributed by atoms with Gasteiger partial charge in [0.05, 0.1) is 22.1 Å². The average molecular weight is 532 g/mol. The fraction of sp³-hybridized carbons (Fsp3) is 0.621. The number of aryl methyl sites for hydroxylation is 1. The maximum Gasteiger partial charge on any atom is 0.237 e. The number of hydrogen-bond acceptors (Lipinski definition) is 5. The second-order valence-corrected chi connectivity index (χ2v) is 11.7. The molecule has 5 nitrogen and oxygen atoms in total. The van der Waals surface area contributed by atoms with Gasteiger partial charge < -0.3 is 10.6 Å². The van der Waals surface area contributed by atoms with Crippen molar-refractivity contribution in [3.05, 3.63) is 23.9 Å². The predicted molar refractivity (Wildman–Crippen MR) is 160 cm³/mol. The molecule has 7 heteroatoms. The first kappa shape index (κ1) is 30.5. The van der Waals surface area contributed by atoms with Gasteiger partial charge in [-0.3, -0.25) is 14.6 Å². The second kappa shape index (κ2) is 16.9. The molecule has 0 saturated carbocycles. The van der Waals surface area contributed by atoms with E-state index in [2.05, 4.69) is 29.5 Å². The van der Waals surface area contributed by atoms with Crippen LogP contribution in [-0.4, -0.2) is 34.1 Å². The summed E-state index contributed by atoms with van der Waals surface area (Å²) in [5.74, 6) is 0.960. The molecule has 2 rings (SSSR count). The molecule has 0 fully saturated rings. The van der Waals surface area contributed by atoms with Gasteiger partial charge in [-0.25, -0.2) is 0 Å². The van der Waals surface area contributed by atoms with Gasteiger partial charge >= 0.3 is 0 Å². The third kappa shape index (κ3) is 9.97. The van der Waals surface area contributed by atoms with E-state index in [1.807, 2.05) is 37.1 Å². The van der Waals surface area contributed by atoms with E-state index in [1.165, 1.54) is 58.3 Å². The Balaban J connectivity index is 2.25. The molecular formula is C29H45N3O2S2. The molecule has 200 valence electrons. The van der Waals surface area contributed by atoms with E-state index in [4.69, 9.17) is 0 Å². The van der Waals surface area contributed by atoms with E-state index in [9.17, 15) is 9.59 Å². The van der Waals surface area contributed by atoms with Crippen LogP contribution >= 0.6 is 23.5 Å². The van der Waals surface area contributed by atoms with Crippen LogP contribution in [0.25, 0.3) is 10.9 Å². The maximum atomic E-state index is 13.6. The summed E-state index contributed by atoms with van der Waals surface area (Å²) >= 11 is 3.38. The molecule has 0 aliphatic rings. The van der Waals surface area contributed by atoms with E-state index in [0.29, 0.717) is 11.2 Å². The van der Waals surface area contributed by atoms with Gasteiger partial charge in [0.25, 0.3) is 0 Å². The summed E-state index contributed by atoms with van der Waals surface area (Å²) in [5, 5.41) is 7.01. The van der Waals surface area contributed by atoms with Crippen molar-refractivity contribution in [2.24, 2.45) is 0 Å². The zero-order valence-electron chi connectivity index (χ0n) is 22.9. The van der Waals surface area contributed by atoms with Crippen molar-refractivity contribution in [3.8, 4) is 0 Å². The first-order chi connectivity index (χ1) is 17.4. The molecule has 0 aliphatic heterocycles. The number of fused-ring (bicyclic) bond motifs is 1. The number of nitrogens with zero attached hydrogens (tertiary/aromatic N) is 1. The van der Waals surface area contributed by atoms with E-state index >= 15 is 0 Å². The number of rotatable bonds is 17. The smallest absolute Gasteiger partial charge is 0.237 e. The van der Waals surface area contributed by atoms with Gasteiger partial charge in [0.15, 0.2) is 0 Å². The zero-order valence-corrected chi connectivity index (χ0v) is 24.5. The maximum absolute atomic E-state index is 13.6. The lowest BCUT2D eigenvalue weighted by Crippen LogP contribution is -2.26. The summed E-state index contributed by atoms with van der Waals surface area (Å²) in [4.78, 5) is 31.0. The van der Waals surface area contributed by atoms with Gasteiger partial charge in [-0.1, -0.05) is 71.6 Å². The van der Waals surface area contributed by atoms with E-state index < -0.39 is 0 Å². The Kier molecular flexibility index (Phi) is 14.3. The summed E-state index contributed by atoms with van der Waals surface area (Å²) in [5.41, 5.74) is 3.18.